The van der Waals surface area contributed by atoms with Crippen molar-refractivity contribution in [3.63, 3.8) is 0 Å². The van der Waals surface area contributed by atoms with Crippen molar-refractivity contribution in [1.29, 1.82) is 0 Å². The maximum absolute atomic E-state index is 13.3. The van der Waals surface area contributed by atoms with E-state index >= 15 is 0 Å². The first-order valence-electron chi connectivity index (χ1n) is 6.94. The molecule has 0 amide bonds. The number of hydrogen-bond donors (Lipinski definition) is 1. The van der Waals surface area contributed by atoms with Crippen molar-refractivity contribution in [2.45, 2.75) is 26.3 Å². The summed E-state index contributed by atoms with van der Waals surface area (Å²) in [5, 5.41) is 4.21. The molecule has 0 heterocycles. The highest BCUT2D eigenvalue weighted by atomic mass is 79.9. The molecule has 0 spiro atoms. The summed E-state index contributed by atoms with van der Waals surface area (Å²) in [7, 11) is 0. The molecule has 1 nitrogen and oxygen atoms in total. The highest BCUT2D eigenvalue weighted by molar-refractivity contribution is 9.10. The van der Waals surface area contributed by atoms with Gasteiger partial charge in [-0.3, -0.25) is 0 Å². The zero-order valence-electron chi connectivity index (χ0n) is 12.1. The monoisotopic (exact) mass is 369 g/mol. The van der Waals surface area contributed by atoms with Gasteiger partial charge < -0.3 is 5.32 Å². The number of likely N-dealkylation sites (N-methyl/N-ethyl adjacent to an activating group) is 1. The highest BCUT2D eigenvalue weighted by Gasteiger charge is 2.16. The molecule has 1 unspecified atom stereocenters. The lowest BCUT2D eigenvalue weighted by Gasteiger charge is -2.20. The summed E-state index contributed by atoms with van der Waals surface area (Å²) in [5.41, 5.74) is 3.27. The lowest BCUT2D eigenvalue weighted by Crippen LogP contribution is -2.23. The molecule has 4 heteroatoms. The molecule has 0 fully saturated rings. The molecule has 0 saturated carbocycles. The third-order valence-electron chi connectivity index (χ3n) is 3.42. The van der Waals surface area contributed by atoms with Crippen molar-refractivity contribution in [3.8, 4) is 0 Å². The normalized spacial score (nSPS) is 12.4. The summed E-state index contributed by atoms with van der Waals surface area (Å²) < 4.78 is 14.0. The van der Waals surface area contributed by atoms with Crippen molar-refractivity contribution >= 4 is 27.5 Å². The third kappa shape index (κ3) is 4.29. The average molecular weight is 371 g/mol. The fourth-order valence-corrected chi connectivity index (χ4v) is 3.30. The summed E-state index contributed by atoms with van der Waals surface area (Å²) in [6.07, 6.45) is 0.761. The number of rotatable bonds is 5. The van der Waals surface area contributed by atoms with Crippen molar-refractivity contribution in [3.05, 3.63) is 68.4 Å². The molecule has 0 bridgehead atoms. The zero-order valence-corrected chi connectivity index (χ0v) is 14.4. The van der Waals surface area contributed by atoms with Gasteiger partial charge in [0.15, 0.2) is 0 Å². The van der Waals surface area contributed by atoms with Crippen molar-refractivity contribution < 1.29 is 4.39 Å². The van der Waals surface area contributed by atoms with E-state index < -0.39 is 0 Å². The van der Waals surface area contributed by atoms with E-state index in [4.69, 9.17) is 11.6 Å². The first kappa shape index (κ1) is 16.5. The van der Waals surface area contributed by atoms with Crippen LogP contribution in [0, 0.1) is 12.7 Å². The van der Waals surface area contributed by atoms with Gasteiger partial charge in [-0.15, -0.1) is 0 Å². The quantitative estimate of drug-likeness (QED) is 0.738. The van der Waals surface area contributed by atoms with Gasteiger partial charge in [-0.25, -0.2) is 4.39 Å². The van der Waals surface area contributed by atoms with Crippen LogP contribution < -0.4 is 5.32 Å². The fourth-order valence-electron chi connectivity index (χ4n) is 2.36. The molecule has 0 aliphatic heterocycles. The van der Waals surface area contributed by atoms with Gasteiger partial charge in [0, 0.05) is 15.5 Å². The number of benzene rings is 2. The van der Waals surface area contributed by atoms with Gasteiger partial charge in [0.25, 0.3) is 0 Å². The Bertz CT molecular complexity index is 630. The van der Waals surface area contributed by atoms with E-state index in [0.29, 0.717) is 0 Å². The second-order valence-electron chi connectivity index (χ2n) is 5.08. The molecule has 0 aliphatic rings. The molecule has 2 aromatic carbocycles. The van der Waals surface area contributed by atoms with Gasteiger partial charge in [0.2, 0.25) is 0 Å². The van der Waals surface area contributed by atoms with Crippen LogP contribution >= 0.6 is 27.5 Å². The predicted molar refractivity (Wildman–Crippen MR) is 90.4 cm³/mol. The Morgan fingerprint density at radius 1 is 1.24 bits per heavy atom. The maximum atomic E-state index is 13.3. The van der Waals surface area contributed by atoms with Crippen LogP contribution in [0.2, 0.25) is 5.02 Å². The SMILES string of the molecule is CCNC(Cc1ccc(C)cc1Cl)c1ccc(F)cc1Br. The summed E-state index contributed by atoms with van der Waals surface area (Å²) in [6.45, 7) is 4.91. The highest BCUT2D eigenvalue weighted by Crippen LogP contribution is 2.29. The molecule has 1 N–H and O–H groups in total. The van der Waals surface area contributed by atoms with Crippen LogP contribution in [-0.2, 0) is 6.42 Å². The Morgan fingerprint density at radius 3 is 2.62 bits per heavy atom. The Labute approximate surface area is 138 Å². The smallest absolute Gasteiger partial charge is 0.124 e. The Morgan fingerprint density at radius 2 is 2.00 bits per heavy atom. The van der Waals surface area contributed by atoms with E-state index in [0.717, 1.165) is 39.2 Å². The Kier molecular flexibility index (Phi) is 5.80. The van der Waals surface area contributed by atoms with Gasteiger partial charge in [0.1, 0.15) is 5.82 Å². The molecular weight excluding hydrogens is 353 g/mol. The molecule has 2 rings (SSSR count). The van der Waals surface area contributed by atoms with Gasteiger partial charge in [-0.2, -0.15) is 0 Å². The van der Waals surface area contributed by atoms with E-state index in [1.165, 1.54) is 12.1 Å². The van der Waals surface area contributed by atoms with Crippen LogP contribution in [0.15, 0.2) is 40.9 Å². The minimum atomic E-state index is -0.241. The Hall–Kier alpha value is -0.900. The second kappa shape index (κ2) is 7.39. The van der Waals surface area contributed by atoms with Crippen molar-refractivity contribution in [2.75, 3.05) is 6.54 Å². The molecular formula is C17H18BrClFN. The molecule has 21 heavy (non-hydrogen) atoms. The van der Waals surface area contributed by atoms with Gasteiger partial charge in [-0.1, -0.05) is 52.7 Å². The number of hydrogen-bond acceptors (Lipinski definition) is 1. The lowest BCUT2D eigenvalue weighted by molar-refractivity contribution is 0.545. The van der Waals surface area contributed by atoms with Crippen LogP contribution in [0.25, 0.3) is 0 Å². The summed E-state index contributed by atoms with van der Waals surface area (Å²) in [6, 6.07) is 11.0. The standard InChI is InChI=1S/C17H18BrClFN/c1-3-21-17(14-7-6-13(20)10-15(14)18)9-12-5-4-11(2)8-16(12)19/h4-8,10,17,21H,3,9H2,1-2H3. The molecule has 2 aromatic rings. The summed E-state index contributed by atoms with van der Waals surface area (Å²) >= 11 is 9.77. The van der Waals surface area contributed by atoms with Crippen molar-refractivity contribution in [1.82, 2.24) is 5.32 Å². The van der Waals surface area contributed by atoms with Gasteiger partial charge in [-0.05, 0) is 54.8 Å². The molecule has 0 saturated heterocycles. The summed E-state index contributed by atoms with van der Waals surface area (Å²) in [4.78, 5) is 0. The minimum absolute atomic E-state index is 0.0881. The summed E-state index contributed by atoms with van der Waals surface area (Å²) in [5.74, 6) is -0.241. The third-order valence-corrected chi connectivity index (χ3v) is 4.46. The molecule has 0 radical (unpaired) electrons. The van der Waals surface area contributed by atoms with Crippen LogP contribution in [0.3, 0.4) is 0 Å². The largest absolute Gasteiger partial charge is 0.310 e. The Balaban J connectivity index is 2.30. The van der Waals surface area contributed by atoms with Crippen LogP contribution in [-0.4, -0.2) is 6.54 Å². The molecule has 1 atom stereocenters. The van der Waals surface area contributed by atoms with Crippen molar-refractivity contribution in [2.24, 2.45) is 0 Å². The van der Waals surface area contributed by atoms with Gasteiger partial charge >= 0.3 is 0 Å². The van der Waals surface area contributed by atoms with E-state index in [9.17, 15) is 4.39 Å². The second-order valence-corrected chi connectivity index (χ2v) is 6.34. The topological polar surface area (TPSA) is 12.0 Å². The van der Waals surface area contributed by atoms with E-state index in [2.05, 4.69) is 40.3 Å². The first-order valence-corrected chi connectivity index (χ1v) is 8.11. The average Bonchev–Trinajstić information content (AvgIpc) is 2.41. The van der Waals surface area contributed by atoms with Crippen LogP contribution in [0.1, 0.15) is 29.7 Å². The molecule has 0 aromatic heterocycles. The predicted octanol–water partition coefficient (Wildman–Crippen LogP) is 5.44. The molecule has 112 valence electrons. The number of aryl methyl sites for hydroxylation is 1. The maximum Gasteiger partial charge on any atom is 0.124 e. The first-order chi connectivity index (χ1) is 10.0. The number of nitrogens with one attached hydrogen (secondary N) is 1. The van der Waals surface area contributed by atoms with E-state index in [-0.39, 0.29) is 11.9 Å². The molecule has 0 aliphatic carbocycles. The fraction of sp³-hybridized carbons (Fsp3) is 0.294. The number of halogens is 3. The van der Waals surface area contributed by atoms with E-state index in [1.54, 1.807) is 0 Å². The lowest BCUT2D eigenvalue weighted by atomic mass is 9.98. The zero-order chi connectivity index (χ0) is 15.4. The minimum Gasteiger partial charge on any atom is -0.310 e. The van der Waals surface area contributed by atoms with E-state index in [1.807, 2.05) is 19.1 Å². The van der Waals surface area contributed by atoms with Crippen LogP contribution in [0.4, 0.5) is 4.39 Å². The van der Waals surface area contributed by atoms with Gasteiger partial charge in [0.05, 0.1) is 0 Å². The van der Waals surface area contributed by atoms with Crippen LogP contribution in [0.5, 0.6) is 0 Å².